The summed E-state index contributed by atoms with van der Waals surface area (Å²) in [4.78, 5) is 26.3. The minimum atomic E-state index is -0.279. The van der Waals surface area contributed by atoms with E-state index in [9.17, 15) is 9.59 Å². The average molecular weight is 437 g/mol. The van der Waals surface area contributed by atoms with Crippen molar-refractivity contribution >= 4 is 29.4 Å². The third-order valence-electron chi connectivity index (χ3n) is 5.38. The molecule has 0 saturated carbocycles. The molecule has 1 aliphatic rings. The lowest BCUT2D eigenvalue weighted by atomic mass is 10.1. The van der Waals surface area contributed by atoms with Crippen molar-refractivity contribution in [1.82, 2.24) is 9.24 Å². The fraction of sp³-hybridized carbons (Fsp3) is 0.148. The van der Waals surface area contributed by atoms with Crippen molar-refractivity contribution < 1.29 is 9.59 Å². The smallest absolute Gasteiger partial charge is 0.377 e. The Bertz CT molecular complexity index is 1520. The maximum absolute atomic E-state index is 12.7. The zero-order valence-electron chi connectivity index (χ0n) is 19.0. The highest BCUT2D eigenvalue weighted by molar-refractivity contribution is 6.06. The van der Waals surface area contributed by atoms with Gasteiger partial charge in [-0.25, -0.2) is 0 Å². The number of benzene rings is 3. The summed E-state index contributed by atoms with van der Waals surface area (Å²) in [5.74, 6) is 2.83. The molecule has 1 N–H and O–H groups in total. The Hall–Kier alpha value is -4.46. The number of carbonyl (C=O) groups excluding carboxylic acids is 2. The number of amides is 1. The van der Waals surface area contributed by atoms with Gasteiger partial charge in [0.05, 0.1) is 6.07 Å². The second-order valence-electron chi connectivity index (χ2n) is 8.04. The number of anilines is 2. The summed E-state index contributed by atoms with van der Waals surface area (Å²) in [5, 5.41) is 4.70. The van der Waals surface area contributed by atoms with Crippen molar-refractivity contribution in [2.24, 2.45) is 0 Å². The van der Waals surface area contributed by atoms with Gasteiger partial charge in [-0.05, 0) is 59.0 Å². The zero-order valence-corrected chi connectivity index (χ0v) is 19.0. The van der Waals surface area contributed by atoms with Gasteiger partial charge in [0, 0.05) is 54.1 Å². The molecule has 4 rings (SSSR count). The molecule has 0 fully saturated rings. The van der Waals surface area contributed by atoms with E-state index in [0.717, 1.165) is 27.5 Å². The van der Waals surface area contributed by atoms with Crippen LogP contribution in [0.4, 0.5) is 11.4 Å². The summed E-state index contributed by atoms with van der Waals surface area (Å²) in [6.45, 7) is 3.45. The van der Waals surface area contributed by atoms with Crippen molar-refractivity contribution in [1.29, 1.82) is 0 Å². The lowest BCUT2D eigenvalue weighted by Crippen LogP contribution is -2.33. The van der Waals surface area contributed by atoms with E-state index in [4.69, 9.17) is 0 Å². The van der Waals surface area contributed by atoms with Crippen LogP contribution in [0.3, 0.4) is 0 Å². The van der Waals surface area contributed by atoms with Gasteiger partial charge in [-0.2, -0.15) is 0 Å². The third kappa shape index (κ3) is 4.74. The molecule has 0 saturated heterocycles. The lowest BCUT2D eigenvalue weighted by Gasteiger charge is -2.09. The largest absolute Gasteiger partial charge is 0.537 e. The fourth-order valence-corrected chi connectivity index (χ4v) is 3.41. The molecule has 33 heavy (non-hydrogen) atoms. The van der Waals surface area contributed by atoms with E-state index in [1.54, 1.807) is 35.2 Å². The number of carbonyl (C=O) groups is 2. The number of fused-ring (bicyclic) bond motifs is 1. The maximum Gasteiger partial charge on any atom is 0.537 e. The van der Waals surface area contributed by atoms with Crippen molar-refractivity contribution in [2.45, 2.75) is 13.8 Å². The summed E-state index contributed by atoms with van der Waals surface area (Å²) < 4.78 is 6.26. The number of aryl methyl sites for hydroxylation is 1. The Balaban J connectivity index is 1.60. The van der Waals surface area contributed by atoms with Gasteiger partial charge in [0.2, 0.25) is 6.04 Å². The predicted molar refractivity (Wildman–Crippen MR) is 131 cm³/mol. The van der Waals surface area contributed by atoms with E-state index < -0.39 is 0 Å². The van der Waals surface area contributed by atoms with E-state index in [2.05, 4.69) is 21.9 Å². The molecule has 0 radical (unpaired) electrons. The van der Waals surface area contributed by atoms with E-state index in [0.29, 0.717) is 16.8 Å². The molecule has 0 aromatic heterocycles. The number of ketones is 1. The second-order valence-corrected chi connectivity index (χ2v) is 8.04. The molecule has 6 nitrogen and oxygen atoms in total. The highest BCUT2D eigenvalue weighted by atomic mass is 16.1. The Labute approximate surface area is 192 Å². The summed E-state index contributed by atoms with van der Waals surface area (Å²) >= 11 is 0. The van der Waals surface area contributed by atoms with Gasteiger partial charge in [0.25, 0.3) is 5.91 Å². The van der Waals surface area contributed by atoms with Crippen molar-refractivity contribution in [3.63, 3.8) is 0 Å². The van der Waals surface area contributed by atoms with Crippen LogP contribution in [-0.2, 0) is 0 Å². The molecule has 3 aromatic rings. The topological polar surface area (TPSA) is 66.5 Å². The molecule has 0 aliphatic carbocycles. The summed E-state index contributed by atoms with van der Waals surface area (Å²) in [6.07, 6.45) is 1.71. The van der Waals surface area contributed by atoms with E-state index in [-0.39, 0.29) is 11.7 Å². The van der Waals surface area contributed by atoms with Crippen LogP contribution in [-0.4, -0.2) is 32.1 Å². The molecule has 0 bridgehead atoms. The van der Waals surface area contributed by atoms with Gasteiger partial charge in [0.1, 0.15) is 0 Å². The monoisotopic (exact) mass is 436 g/mol. The summed E-state index contributed by atoms with van der Waals surface area (Å²) in [5.41, 5.74) is 4.44. The number of Topliss-reactive ketones (excluding diaryl/α,β-unsaturated/α-hetero) is 1. The van der Waals surface area contributed by atoms with Gasteiger partial charge in [0.15, 0.2) is 5.78 Å². The first-order valence-electron chi connectivity index (χ1n) is 10.5. The first-order valence-corrected chi connectivity index (χ1v) is 10.5. The molecule has 3 aromatic carbocycles. The number of hydrogen-bond acceptors (Lipinski definition) is 3. The van der Waals surface area contributed by atoms with E-state index in [1.807, 2.05) is 62.3 Å². The molecule has 1 aliphatic heterocycles. The van der Waals surface area contributed by atoms with Gasteiger partial charge >= 0.3 is 17.1 Å². The predicted octanol–water partition coefficient (Wildman–Crippen LogP) is 1.74. The molecule has 0 unspecified atom stereocenters. The average Bonchev–Trinajstić information content (AvgIpc) is 3.21. The quantitative estimate of drug-likeness (QED) is 0.293. The Morgan fingerprint density at radius 1 is 1.00 bits per heavy atom. The lowest BCUT2D eigenvalue weighted by molar-refractivity contribution is 0.101. The van der Waals surface area contributed by atoms with Crippen LogP contribution < -0.4 is 30.2 Å². The summed E-state index contributed by atoms with van der Waals surface area (Å²) in [7, 11) is 3.99. The van der Waals surface area contributed by atoms with Crippen LogP contribution >= 0.6 is 0 Å². The van der Waals surface area contributed by atoms with E-state index in [1.165, 1.54) is 6.92 Å². The number of nitrogens with one attached hydrogen (secondary N) is 1. The highest BCUT2D eigenvalue weighted by Crippen LogP contribution is 2.16. The standard InChI is InChI=1S/C27H23N4O2/c1-18-8-9-23(29-27(33)22-7-5-6-21(14-22)19(2)32)15-20(18)12-13-31-17-28-25-16-24(30(3)4)10-11-26(25)31/h5-11,14-17H,1-4H3/q+1/p+1. The van der Waals surface area contributed by atoms with Crippen molar-refractivity contribution in [3.05, 3.63) is 93.6 Å². The molecular weight excluding hydrogens is 412 g/mol. The number of nitrogens with zero attached hydrogens (tertiary/aromatic N) is 3. The molecule has 162 valence electrons. The minimum Gasteiger partial charge on any atom is -0.377 e. The van der Waals surface area contributed by atoms with Crippen LogP contribution in [0.1, 0.15) is 38.8 Å². The second kappa shape index (κ2) is 8.96. The molecular formula is C27H24N4O2+2. The molecule has 6 heteroatoms. The van der Waals surface area contributed by atoms with Crippen LogP contribution in [0.15, 0.2) is 60.7 Å². The Morgan fingerprint density at radius 3 is 2.55 bits per heavy atom. The van der Waals surface area contributed by atoms with E-state index >= 15 is 0 Å². The molecule has 0 atom stereocenters. The normalized spacial score (nSPS) is 11.2. The minimum absolute atomic E-state index is 0.0810. The van der Waals surface area contributed by atoms with Crippen LogP contribution in [0.25, 0.3) is 0 Å². The van der Waals surface area contributed by atoms with Gasteiger partial charge in [-0.3, -0.25) is 9.59 Å². The SMILES string of the molecule is CC(=O)c1cccc(C(=O)Nc2ccc(C)c(C#C[N+]3=c4ccc(N(C)C)cc4=[N+]=C3)c2)c1. The molecule has 0 spiro atoms. The fourth-order valence-electron chi connectivity index (χ4n) is 3.41. The van der Waals surface area contributed by atoms with Gasteiger partial charge in [-0.1, -0.05) is 18.2 Å². The van der Waals surface area contributed by atoms with Gasteiger partial charge < -0.3 is 10.2 Å². The van der Waals surface area contributed by atoms with Crippen molar-refractivity contribution in [3.8, 4) is 12.0 Å². The van der Waals surface area contributed by atoms with Crippen LogP contribution in [0.2, 0.25) is 0 Å². The van der Waals surface area contributed by atoms with Crippen LogP contribution in [0, 0.1) is 18.9 Å². The number of rotatable bonds is 4. The van der Waals surface area contributed by atoms with Crippen molar-refractivity contribution in [2.75, 3.05) is 24.3 Å². The third-order valence-corrected chi connectivity index (χ3v) is 5.38. The van der Waals surface area contributed by atoms with Crippen LogP contribution in [0.5, 0.6) is 0 Å². The van der Waals surface area contributed by atoms with Gasteiger partial charge in [-0.15, -0.1) is 0 Å². The maximum atomic E-state index is 12.7. The summed E-state index contributed by atoms with van der Waals surface area (Å²) in [6, 6.07) is 21.5. The first-order chi connectivity index (χ1) is 15.8. The zero-order chi connectivity index (χ0) is 23.5. The molecule has 1 heterocycles. The Kier molecular flexibility index (Phi) is 5.91. The Morgan fingerprint density at radius 2 is 1.79 bits per heavy atom. The number of hydrogen-bond donors (Lipinski definition) is 1. The molecule has 1 amide bonds. The first kappa shape index (κ1) is 21.8. The highest BCUT2D eigenvalue weighted by Gasteiger charge is 2.19.